The summed E-state index contributed by atoms with van der Waals surface area (Å²) in [7, 11) is 3.76. The minimum absolute atomic E-state index is 0.0984. The number of carbonyl (C=O) groups excluding carboxylic acids is 1. The number of amides is 1. The fourth-order valence-electron chi connectivity index (χ4n) is 1.76. The highest BCUT2D eigenvalue weighted by Crippen LogP contribution is 2.06. The third kappa shape index (κ3) is 3.54. The SMILES string of the molecule is Cc1cccc(C(=O)NCc2ccnc(N(C)C)n2)c1. The van der Waals surface area contributed by atoms with Gasteiger partial charge in [0.05, 0.1) is 12.2 Å². The molecule has 1 N–H and O–H groups in total. The van der Waals surface area contributed by atoms with Crippen molar-refractivity contribution in [2.24, 2.45) is 0 Å². The number of carbonyl (C=O) groups is 1. The minimum Gasteiger partial charge on any atom is -0.347 e. The van der Waals surface area contributed by atoms with Crippen LogP contribution in [0, 0.1) is 6.92 Å². The van der Waals surface area contributed by atoms with Crippen LogP contribution < -0.4 is 10.2 Å². The second kappa shape index (κ2) is 6.14. The van der Waals surface area contributed by atoms with Crippen LogP contribution in [0.5, 0.6) is 0 Å². The van der Waals surface area contributed by atoms with E-state index in [-0.39, 0.29) is 5.91 Å². The van der Waals surface area contributed by atoms with Crippen LogP contribution in [-0.2, 0) is 6.54 Å². The van der Waals surface area contributed by atoms with E-state index >= 15 is 0 Å². The Morgan fingerprint density at radius 3 is 2.80 bits per heavy atom. The molecule has 0 aliphatic heterocycles. The van der Waals surface area contributed by atoms with E-state index in [1.807, 2.05) is 44.1 Å². The molecule has 1 amide bonds. The molecular weight excluding hydrogens is 252 g/mol. The Morgan fingerprint density at radius 1 is 1.30 bits per heavy atom. The first-order valence-corrected chi connectivity index (χ1v) is 6.40. The Labute approximate surface area is 118 Å². The van der Waals surface area contributed by atoms with Crippen molar-refractivity contribution in [1.82, 2.24) is 15.3 Å². The number of hydrogen-bond donors (Lipinski definition) is 1. The number of aromatic nitrogens is 2. The maximum atomic E-state index is 12.0. The van der Waals surface area contributed by atoms with Crippen molar-refractivity contribution < 1.29 is 4.79 Å². The first-order chi connectivity index (χ1) is 9.56. The van der Waals surface area contributed by atoms with Crippen LogP contribution >= 0.6 is 0 Å². The lowest BCUT2D eigenvalue weighted by atomic mass is 10.1. The highest BCUT2D eigenvalue weighted by molar-refractivity contribution is 5.94. The summed E-state index contributed by atoms with van der Waals surface area (Å²) >= 11 is 0. The largest absolute Gasteiger partial charge is 0.347 e. The van der Waals surface area contributed by atoms with Crippen molar-refractivity contribution in [3.05, 3.63) is 53.3 Å². The molecule has 0 spiro atoms. The Bertz CT molecular complexity index is 610. The number of benzene rings is 1. The number of nitrogens with zero attached hydrogens (tertiary/aromatic N) is 3. The van der Waals surface area contributed by atoms with Crippen molar-refractivity contribution in [1.29, 1.82) is 0 Å². The summed E-state index contributed by atoms with van der Waals surface area (Å²) in [4.78, 5) is 22.3. The molecule has 2 rings (SSSR count). The number of nitrogens with one attached hydrogen (secondary N) is 1. The molecule has 5 heteroatoms. The second-order valence-corrected chi connectivity index (χ2v) is 4.79. The summed E-state index contributed by atoms with van der Waals surface area (Å²) in [6.07, 6.45) is 1.69. The topological polar surface area (TPSA) is 58.1 Å². The van der Waals surface area contributed by atoms with Crippen molar-refractivity contribution >= 4 is 11.9 Å². The van der Waals surface area contributed by atoms with Gasteiger partial charge in [0.25, 0.3) is 5.91 Å². The smallest absolute Gasteiger partial charge is 0.251 e. The maximum Gasteiger partial charge on any atom is 0.251 e. The zero-order valence-electron chi connectivity index (χ0n) is 11.9. The average molecular weight is 270 g/mol. The van der Waals surface area contributed by atoms with Gasteiger partial charge in [-0.15, -0.1) is 0 Å². The van der Waals surface area contributed by atoms with Gasteiger partial charge in [0, 0.05) is 25.9 Å². The third-order valence-corrected chi connectivity index (χ3v) is 2.81. The zero-order valence-corrected chi connectivity index (χ0v) is 11.9. The summed E-state index contributed by atoms with van der Waals surface area (Å²) in [5, 5.41) is 2.86. The lowest BCUT2D eigenvalue weighted by Gasteiger charge is -2.11. The van der Waals surface area contributed by atoms with Crippen LogP contribution in [0.25, 0.3) is 0 Å². The Morgan fingerprint density at radius 2 is 2.10 bits per heavy atom. The van der Waals surface area contributed by atoms with Gasteiger partial charge in [-0.25, -0.2) is 9.97 Å². The number of anilines is 1. The molecule has 5 nitrogen and oxygen atoms in total. The molecule has 20 heavy (non-hydrogen) atoms. The molecule has 0 fully saturated rings. The van der Waals surface area contributed by atoms with Gasteiger partial charge < -0.3 is 10.2 Å². The van der Waals surface area contributed by atoms with E-state index in [1.54, 1.807) is 18.3 Å². The van der Waals surface area contributed by atoms with Gasteiger partial charge in [0.2, 0.25) is 5.95 Å². The van der Waals surface area contributed by atoms with E-state index in [0.29, 0.717) is 18.1 Å². The standard InChI is InChI=1S/C15H18N4O/c1-11-5-4-6-12(9-11)14(20)17-10-13-7-8-16-15(18-13)19(2)3/h4-9H,10H2,1-3H3,(H,17,20). The number of rotatable bonds is 4. The van der Waals surface area contributed by atoms with Crippen LogP contribution in [0.4, 0.5) is 5.95 Å². The van der Waals surface area contributed by atoms with Crippen LogP contribution in [0.15, 0.2) is 36.5 Å². The fourth-order valence-corrected chi connectivity index (χ4v) is 1.76. The monoisotopic (exact) mass is 270 g/mol. The average Bonchev–Trinajstić information content (AvgIpc) is 2.45. The van der Waals surface area contributed by atoms with Crippen LogP contribution in [0.3, 0.4) is 0 Å². The lowest BCUT2D eigenvalue weighted by molar-refractivity contribution is 0.0950. The molecule has 1 aromatic heterocycles. The first kappa shape index (κ1) is 14.0. The molecule has 104 valence electrons. The minimum atomic E-state index is -0.0984. The Balaban J connectivity index is 2.02. The van der Waals surface area contributed by atoms with E-state index in [4.69, 9.17) is 0 Å². The van der Waals surface area contributed by atoms with Crippen molar-refractivity contribution in [2.75, 3.05) is 19.0 Å². The summed E-state index contributed by atoms with van der Waals surface area (Å²) < 4.78 is 0. The molecule has 2 aromatic rings. The maximum absolute atomic E-state index is 12.0. The highest BCUT2D eigenvalue weighted by Gasteiger charge is 2.06. The van der Waals surface area contributed by atoms with Gasteiger partial charge in [-0.05, 0) is 25.1 Å². The number of aryl methyl sites for hydroxylation is 1. The van der Waals surface area contributed by atoms with Crippen molar-refractivity contribution in [3.8, 4) is 0 Å². The van der Waals surface area contributed by atoms with Crippen LogP contribution in [0.2, 0.25) is 0 Å². The van der Waals surface area contributed by atoms with Gasteiger partial charge in [0.15, 0.2) is 0 Å². The molecule has 0 aliphatic carbocycles. The first-order valence-electron chi connectivity index (χ1n) is 6.40. The predicted octanol–water partition coefficient (Wildman–Crippen LogP) is 1.78. The molecule has 0 bridgehead atoms. The summed E-state index contributed by atoms with van der Waals surface area (Å²) in [6.45, 7) is 2.35. The van der Waals surface area contributed by atoms with E-state index < -0.39 is 0 Å². The van der Waals surface area contributed by atoms with E-state index in [9.17, 15) is 4.79 Å². The molecule has 0 saturated heterocycles. The van der Waals surface area contributed by atoms with Crippen molar-refractivity contribution in [3.63, 3.8) is 0 Å². The van der Waals surface area contributed by atoms with Crippen molar-refractivity contribution in [2.45, 2.75) is 13.5 Å². The third-order valence-electron chi connectivity index (χ3n) is 2.81. The Kier molecular flexibility index (Phi) is 4.30. The van der Waals surface area contributed by atoms with E-state index in [1.165, 1.54) is 0 Å². The highest BCUT2D eigenvalue weighted by atomic mass is 16.1. The fraction of sp³-hybridized carbons (Fsp3) is 0.267. The quantitative estimate of drug-likeness (QED) is 0.920. The molecule has 0 aliphatic rings. The molecular formula is C15H18N4O. The normalized spacial score (nSPS) is 10.2. The summed E-state index contributed by atoms with van der Waals surface area (Å²) in [6, 6.07) is 9.29. The van der Waals surface area contributed by atoms with E-state index in [2.05, 4.69) is 15.3 Å². The van der Waals surface area contributed by atoms with Gasteiger partial charge in [0.1, 0.15) is 0 Å². The summed E-state index contributed by atoms with van der Waals surface area (Å²) in [5.41, 5.74) is 2.51. The number of hydrogen-bond acceptors (Lipinski definition) is 4. The molecule has 1 aromatic carbocycles. The van der Waals surface area contributed by atoms with E-state index in [0.717, 1.165) is 11.3 Å². The van der Waals surface area contributed by atoms with Gasteiger partial charge in [-0.2, -0.15) is 0 Å². The molecule has 1 heterocycles. The van der Waals surface area contributed by atoms with Crippen LogP contribution in [-0.4, -0.2) is 30.0 Å². The predicted molar refractivity (Wildman–Crippen MR) is 78.7 cm³/mol. The second-order valence-electron chi connectivity index (χ2n) is 4.79. The van der Waals surface area contributed by atoms with Gasteiger partial charge in [-0.1, -0.05) is 17.7 Å². The van der Waals surface area contributed by atoms with Gasteiger partial charge in [-0.3, -0.25) is 4.79 Å². The van der Waals surface area contributed by atoms with Gasteiger partial charge >= 0.3 is 0 Å². The van der Waals surface area contributed by atoms with Crippen LogP contribution in [0.1, 0.15) is 21.6 Å². The lowest BCUT2D eigenvalue weighted by Crippen LogP contribution is -2.24. The molecule has 0 unspecified atom stereocenters. The summed E-state index contributed by atoms with van der Waals surface area (Å²) in [5.74, 6) is 0.533. The molecule has 0 saturated carbocycles. The Hall–Kier alpha value is -2.43. The molecule has 0 radical (unpaired) electrons. The zero-order chi connectivity index (χ0) is 14.5. The molecule has 0 atom stereocenters.